The first-order valence-corrected chi connectivity index (χ1v) is 11.4. The van der Waals surface area contributed by atoms with Gasteiger partial charge < -0.3 is 19.4 Å². The summed E-state index contributed by atoms with van der Waals surface area (Å²) < 4.78 is 11.5. The first-order chi connectivity index (χ1) is 15.0. The normalized spacial score (nSPS) is 17.7. The van der Waals surface area contributed by atoms with Crippen LogP contribution in [0.15, 0.2) is 36.4 Å². The van der Waals surface area contributed by atoms with Crippen LogP contribution >= 0.6 is 11.6 Å². The van der Waals surface area contributed by atoms with Gasteiger partial charge in [-0.15, -0.1) is 0 Å². The molecule has 4 rings (SSSR count). The van der Waals surface area contributed by atoms with Gasteiger partial charge in [0, 0.05) is 35.5 Å². The summed E-state index contributed by atoms with van der Waals surface area (Å²) in [5.74, 6) is 0.418. The van der Waals surface area contributed by atoms with Crippen LogP contribution in [0.25, 0.3) is 0 Å². The van der Waals surface area contributed by atoms with E-state index in [1.165, 1.54) is 25.7 Å². The number of aliphatic carboxylic acids is 1. The second-order valence-electron chi connectivity index (χ2n) is 8.42. The third-order valence-corrected chi connectivity index (χ3v) is 6.58. The van der Waals surface area contributed by atoms with Crippen molar-refractivity contribution in [2.75, 3.05) is 6.61 Å². The van der Waals surface area contributed by atoms with E-state index in [1.54, 1.807) is 36.4 Å². The number of carboxylic acids is 1. The van der Waals surface area contributed by atoms with Crippen LogP contribution in [0.4, 0.5) is 0 Å². The number of rotatable bonds is 8. The molecule has 2 aromatic rings. The summed E-state index contributed by atoms with van der Waals surface area (Å²) in [5.41, 5.74) is 1.18. The van der Waals surface area contributed by atoms with Gasteiger partial charge in [0.25, 0.3) is 0 Å². The summed E-state index contributed by atoms with van der Waals surface area (Å²) in [6.07, 6.45) is 8.29. The van der Waals surface area contributed by atoms with Gasteiger partial charge in [-0.05, 0) is 49.1 Å². The molecular formula is C25H26ClNaO5. The Morgan fingerprint density at radius 3 is 2.50 bits per heavy atom. The number of fused-ring (bicyclic) bond motifs is 1. The molecule has 0 bridgehead atoms. The van der Waals surface area contributed by atoms with Crippen molar-refractivity contribution in [3.63, 3.8) is 0 Å². The van der Waals surface area contributed by atoms with Crippen LogP contribution in [0.1, 0.15) is 73.2 Å². The molecular weight excluding hydrogens is 439 g/mol. The minimum atomic E-state index is -1.14. The van der Waals surface area contributed by atoms with Crippen molar-refractivity contribution < 1.29 is 53.7 Å². The van der Waals surface area contributed by atoms with Crippen molar-refractivity contribution in [3.05, 3.63) is 52.5 Å². The van der Waals surface area contributed by atoms with Gasteiger partial charge in [-0.25, -0.2) is 0 Å². The largest absolute Gasteiger partial charge is 1.00 e. The molecule has 1 unspecified atom stereocenters. The molecule has 1 aliphatic carbocycles. The van der Waals surface area contributed by atoms with Gasteiger partial charge in [-0.3, -0.25) is 4.79 Å². The Morgan fingerprint density at radius 2 is 1.81 bits per heavy atom. The second kappa shape index (κ2) is 11.6. The number of hydrogen-bond acceptors (Lipinski definition) is 5. The number of ether oxygens (including phenoxy) is 2. The van der Waals surface area contributed by atoms with Gasteiger partial charge in [0.15, 0.2) is 5.78 Å². The fourth-order valence-corrected chi connectivity index (χ4v) is 4.75. The summed E-state index contributed by atoms with van der Waals surface area (Å²) >= 11 is 6.33. The summed E-state index contributed by atoms with van der Waals surface area (Å²) in [4.78, 5) is 23.8. The second-order valence-corrected chi connectivity index (χ2v) is 8.83. The van der Waals surface area contributed by atoms with E-state index in [-0.39, 0.29) is 35.3 Å². The molecule has 1 aliphatic heterocycles. The maximum atomic E-state index is 12.5. The summed E-state index contributed by atoms with van der Waals surface area (Å²) in [6, 6.07) is 10.2. The predicted octanol–water partition coefficient (Wildman–Crippen LogP) is 2.30. The average Bonchev–Trinajstić information content (AvgIpc) is 3.28. The molecule has 2 aliphatic rings. The number of benzene rings is 2. The maximum absolute atomic E-state index is 12.5. The smallest absolute Gasteiger partial charge is 0.549 e. The van der Waals surface area contributed by atoms with E-state index in [2.05, 4.69) is 0 Å². The van der Waals surface area contributed by atoms with Crippen molar-refractivity contribution in [3.8, 4) is 17.2 Å². The SMILES string of the molecule is O=C(CCCC1CCCC1)c1ccc(Oc2cc3c(cc2Cl)C(C(=O)[O-])CCO3)cc1.[Na+]. The van der Waals surface area contributed by atoms with Crippen LogP contribution in [-0.4, -0.2) is 18.4 Å². The Bertz CT molecular complexity index is 954. The molecule has 1 heterocycles. The zero-order valence-corrected chi connectivity index (χ0v) is 21.2. The fraction of sp³-hybridized carbons (Fsp3) is 0.440. The Labute approximate surface area is 215 Å². The quantitative estimate of drug-likeness (QED) is 0.442. The third-order valence-electron chi connectivity index (χ3n) is 6.28. The molecule has 0 saturated heterocycles. The van der Waals surface area contributed by atoms with Crippen molar-refractivity contribution in [1.29, 1.82) is 0 Å². The zero-order valence-electron chi connectivity index (χ0n) is 18.4. The van der Waals surface area contributed by atoms with Crippen LogP contribution in [-0.2, 0) is 4.79 Å². The van der Waals surface area contributed by atoms with E-state index in [0.717, 1.165) is 18.8 Å². The number of halogens is 1. The molecule has 0 N–H and O–H groups in total. The zero-order chi connectivity index (χ0) is 21.8. The topological polar surface area (TPSA) is 75.7 Å². The molecule has 0 spiro atoms. The van der Waals surface area contributed by atoms with Crippen LogP contribution in [0.2, 0.25) is 5.02 Å². The number of carboxylic acid groups (broad SMARTS) is 1. The van der Waals surface area contributed by atoms with Crippen molar-refractivity contribution in [2.24, 2.45) is 5.92 Å². The van der Waals surface area contributed by atoms with Crippen LogP contribution < -0.4 is 44.1 Å². The molecule has 0 radical (unpaired) electrons. The number of hydrogen-bond donors (Lipinski definition) is 0. The van der Waals surface area contributed by atoms with E-state index in [9.17, 15) is 14.7 Å². The fourth-order valence-electron chi connectivity index (χ4n) is 4.54. The Hall–Kier alpha value is -1.53. The number of carbonyl (C=O) groups excluding carboxylic acids is 2. The number of Topliss-reactive ketones (excluding diaryl/α,β-unsaturated/α-hetero) is 1. The standard InChI is InChI=1S/C25H27ClO5.Na/c26-21-14-20-19(25(28)29)12-13-30-23(20)15-24(21)31-18-10-8-17(9-11-18)22(27)7-3-6-16-4-1-2-5-16;/h8-11,14-16,19H,1-7,12-13H2,(H,28,29);/q;+1/p-1. The minimum absolute atomic E-state index is 0. The van der Waals surface area contributed by atoms with E-state index < -0.39 is 11.9 Å². The Kier molecular flexibility index (Phi) is 9.06. The Morgan fingerprint density at radius 1 is 1.09 bits per heavy atom. The van der Waals surface area contributed by atoms with E-state index >= 15 is 0 Å². The first kappa shape index (κ1) is 25.1. The van der Waals surface area contributed by atoms with Gasteiger partial charge in [0.1, 0.15) is 17.2 Å². The van der Waals surface area contributed by atoms with Gasteiger partial charge >= 0.3 is 29.6 Å². The summed E-state index contributed by atoms with van der Waals surface area (Å²) in [7, 11) is 0. The summed E-state index contributed by atoms with van der Waals surface area (Å²) in [5, 5.41) is 11.6. The van der Waals surface area contributed by atoms with Gasteiger partial charge in [0.2, 0.25) is 0 Å². The molecule has 2 aromatic carbocycles. The molecule has 5 nitrogen and oxygen atoms in total. The minimum Gasteiger partial charge on any atom is -0.549 e. The predicted molar refractivity (Wildman–Crippen MR) is 116 cm³/mol. The van der Waals surface area contributed by atoms with Crippen LogP contribution in [0.5, 0.6) is 17.2 Å². The van der Waals surface area contributed by atoms with E-state index in [0.29, 0.717) is 52.8 Å². The summed E-state index contributed by atoms with van der Waals surface area (Å²) in [6.45, 7) is 0.296. The average molecular weight is 465 g/mol. The molecule has 0 amide bonds. The molecule has 1 atom stereocenters. The van der Waals surface area contributed by atoms with Crippen LogP contribution in [0, 0.1) is 5.92 Å². The first-order valence-electron chi connectivity index (χ1n) is 11.0. The van der Waals surface area contributed by atoms with Crippen molar-refractivity contribution >= 4 is 23.4 Å². The third kappa shape index (κ3) is 6.07. The van der Waals surface area contributed by atoms with Gasteiger partial charge in [-0.2, -0.15) is 0 Å². The molecule has 7 heteroatoms. The van der Waals surface area contributed by atoms with Gasteiger partial charge in [0.05, 0.1) is 11.6 Å². The number of ketones is 1. The molecule has 32 heavy (non-hydrogen) atoms. The monoisotopic (exact) mass is 464 g/mol. The number of carbonyl (C=O) groups is 2. The van der Waals surface area contributed by atoms with Crippen molar-refractivity contribution in [2.45, 2.75) is 57.3 Å². The maximum Gasteiger partial charge on any atom is 1.00 e. The van der Waals surface area contributed by atoms with Crippen LogP contribution in [0.3, 0.4) is 0 Å². The van der Waals surface area contributed by atoms with Crippen molar-refractivity contribution in [1.82, 2.24) is 0 Å². The molecule has 1 saturated carbocycles. The molecule has 1 fully saturated rings. The molecule has 164 valence electrons. The van der Waals surface area contributed by atoms with E-state index in [4.69, 9.17) is 21.1 Å². The molecule has 0 aromatic heterocycles. The van der Waals surface area contributed by atoms with Gasteiger partial charge in [-0.1, -0.05) is 43.7 Å². The Balaban J connectivity index is 0.00000289. The van der Waals surface area contributed by atoms with E-state index in [1.807, 2.05) is 0 Å².